The number of aryl methyl sites for hydroxylation is 1. The van der Waals surface area contributed by atoms with Crippen LogP contribution in [0, 0.1) is 11.8 Å². The molecule has 2 aromatic carbocycles. The van der Waals surface area contributed by atoms with Crippen LogP contribution in [0.25, 0.3) is 44.7 Å². The molecule has 2 fully saturated rings. The molecule has 9 rings (SSSR count). The number of rotatable bonds is 12. The number of benzene rings is 2. The number of carbonyl (C=O) groups excluding carboxylic acids is 4. The third-order valence-electron chi connectivity index (χ3n) is 13.1. The molecule has 0 unspecified atom stereocenters. The average molecular weight is 916 g/mol. The molecule has 2 saturated heterocycles. The maximum absolute atomic E-state index is 13.8. The summed E-state index contributed by atoms with van der Waals surface area (Å²) >= 11 is 1.75. The highest BCUT2D eigenvalue weighted by atomic mass is 32.1. The van der Waals surface area contributed by atoms with Crippen molar-refractivity contribution in [2.45, 2.75) is 97.1 Å². The Morgan fingerprint density at radius 1 is 0.773 bits per heavy atom. The van der Waals surface area contributed by atoms with Crippen LogP contribution in [0.5, 0.6) is 5.75 Å². The summed E-state index contributed by atoms with van der Waals surface area (Å²) in [6, 6.07) is 17.2. The number of aromatic amines is 2. The van der Waals surface area contributed by atoms with Crippen molar-refractivity contribution in [3.05, 3.63) is 88.4 Å². The summed E-state index contributed by atoms with van der Waals surface area (Å²) in [5, 5.41) is 6.48. The molecule has 0 spiro atoms. The van der Waals surface area contributed by atoms with Gasteiger partial charge in [0, 0.05) is 40.0 Å². The number of thiophene rings is 1. The molecule has 4 N–H and O–H groups in total. The zero-order valence-corrected chi connectivity index (χ0v) is 39.2. The lowest BCUT2D eigenvalue weighted by molar-refractivity contribution is -0.136. The Hall–Kier alpha value is -6.62. The van der Waals surface area contributed by atoms with Crippen molar-refractivity contribution >= 4 is 46.2 Å². The van der Waals surface area contributed by atoms with Crippen molar-refractivity contribution in [1.82, 2.24) is 44.9 Å². The van der Waals surface area contributed by atoms with Gasteiger partial charge in [0.25, 0.3) is 0 Å². The lowest BCUT2D eigenvalue weighted by Crippen LogP contribution is -2.51. The van der Waals surface area contributed by atoms with Crippen LogP contribution in [0.2, 0.25) is 0 Å². The van der Waals surface area contributed by atoms with Crippen molar-refractivity contribution in [1.29, 1.82) is 0 Å². The van der Waals surface area contributed by atoms with E-state index in [9.17, 15) is 19.2 Å². The van der Waals surface area contributed by atoms with Crippen LogP contribution >= 0.6 is 11.3 Å². The van der Waals surface area contributed by atoms with Crippen molar-refractivity contribution in [2.75, 3.05) is 27.3 Å². The molecule has 16 nitrogen and oxygen atoms in total. The van der Waals surface area contributed by atoms with Crippen LogP contribution in [0.15, 0.2) is 67.0 Å². The Bertz CT molecular complexity index is 2790. The number of methoxy groups -OCH3 is 2. The van der Waals surface area contributed by atoms with Gasteiger partial charge in [0.1, 0.15) is 29.5 Å². The quantitative estimate of drug-likeness (QED) is 0.0931. The van der Waals surface area contributed by atoms with E-state index in [2.05, 4.69) is 86.7 Å². The molecule has 0 bridgehead atoms. The lowest BCUT2D eigenvalue weighted by Gasteiger charge is -2.30. The predicted molar refractivity (Wildman–Crippen MR) is 251 cm³/mol. The van der Waals surface area contributed by atoms with Gasteiger partial charge in [-0.3, -0.25) is 14.2 Å². The van der Waals surface area contributed by atoms with Crippen molar-refractivity contribution < 1.29 is 33.4 Å². The number of amides is 4. The Morgan fingerprint density at radius 2 is 1.33 bits per heavy atom. The van der Waals surface area contributed by atoms with Crippen molar-refractivity contribution in [3.63, 3.8) is 0 Å². The highest BCUT2D eigenvalue weighted by Gasteiger charge is 2.39. The largest absolute Gasteiger partial charge is 0.464 e. The number of carbonyl (C=O) groups is 4. The van der Waals surface area contributed by atoms with Gasteiger partial charge < -0.3 is 44.6 Å². The van der Waals surface area contributed by atoms with E-state index in [-0.39, 0.29) is 35.7 Å². The van der Waals surface area contributed by atoms with Crippen LogP contribution in [0.1, 0.15) is 100 Å². The van der Waals surface area contributed by atoms with E-state index in [0.29, 0.717) is 24.7 Å². The first-order valence-corrected chi connectivity index (χ1v) is 23.6. The van der Waals surface area contributed by atoms with Crippen LogP contribution in [0.4, 0.5) is 9.59 Å². The van der Waals surface area contributed by atoms with E-state index in [1.807, 2.05) is 49.9 Å². The monoisotopic (exact) mass is 915 g/mol. The first kappa shape index (κ1) is 44.6. The zero-order chi connectivity index (χ0) is 46.4. The first-order valence-electron chi connectivity index (χ1n) is 22.8. The maximum atomic E-state index is 13.8. The number of ether oxygens (including phenoxy) is 3. The Kier molecular flexibility index (Phi) is 12.4. The number of nitrogens with zero attached hydrogens (tertiary/aromatic N) is 5. The predicted octanol–water partition coefficient (Wildman–Crippen LogP) is 8.74. The molecular formula is C49H57N9O7S. The normalized spacial score (nSPS) is 18.8. The first-order chi connectivity index (χ1) is 31.9. The van der Waals surface area contributed by atoms with Crippen LogP contribution in [-0.2, 0) is 25.5 Å². The summed E-state index contributed by atoms with van der Waals surface area (Å²) < 4.78 is 18.9. The number of likely N-dealkylation sites (tertiary alicyclic amines) is 2. The number of fused-ring (bicyclic) bond motifs is 5. The van der Waals surface area contributed by atoms with Gasteiger partial charge >= 0.3 is 12.2 Å². The molecule has 3 aliphatic heterocycles. The Balaban J connectivity index is 1.01. The van der Waals surface area contributed by atoms with Gasteiger partial charge in [-0.05, 0) is 86.4 Å². The van der Waals surface area contributed by atoms with Gasteiger partial charge in [-0.1, -0.05) is 46.8 Å². The molecule has 4 amide bonds. The number of imidazole rings is 2. The molecule has 3 aliphatic rings. The SMILES string of the molecule is CCc1ccc([C@@H]2Oc3cc(-c4cnc([C@@H]5CCCN5C(=O)[C@@H](NC(=O)OC)C(C)C)[nH]4)ccc3-c3cc4cc(-c5cnc([C@@H]6CCCN6C(=O)[C@@H](NC(=O)OC)C(C)C)[nH]5)ccc4n32)s1. The van der Waals surface area contributed by atoms with E-state index >= 15 is 0 Å². The minimum Gasteiger partial charge on any atom is -0.464 e. The summed E-state index contributed by atoms with van der Waals surface area (Å²) in [6.07, 6.45) is 6.05. The molecule has 0 radical (unpaired) electrons. The molecule has 66 heavy (non-hydrogen) atoms. The molecular weight excluding hydrogens is 859 g/mol. The third kappa shape index (κ3) is 8.28. The van der Waals surface area contributed by atoms with Gasteiger partial charge in [0.15, 0.2) is 0 Å². The van der Waals surface area contributed by atoms with Crippen molar-refractivity contribution in [2.24, 2.45) is 11.8 Å². The summed E-state index contributed by atoms with van der Waals surface area (Å²) in [6.45, 7) is 10.9. The fourth-order valence-electron chi connectivity index (χ4n) is 9.63. The number of hydrogen-bond acceptors (Lipinski definition) is 10. The average Bonchev–Trinajstić information content (AvgIpc) is 4.18. The molecule has 346 valence electrons. The smallest absolute Gasteiger partial charge is 0.407 e. The number of aromatic nitrogens is 5. The molecule has 0 aliphatic carbocycles. The standard InChI is InChI=1S/C49H57N9O7S/c1-8-31-15-18-40(66-31)47-58-35-17-14-28(33-24-50-43(52-33)36-11-9-19-56(36)45(59)41(26(2)3)54-48(61)63-6)21-30(35)22-38(58)32-16-13-29(23-39(32)65-47)34-25-51-44(53-34)37-12-10-20-57(37)46(60)42(27(4)5)55-49(62)64-7/h13-18,21-27,36-37,41-42,47H,8-12,19-20H2,1-7H3,(H,50,52)(H,51,53)(H,54,61)(H,55,62)/t36-,37-,41-,42-,47-/m0/s1. The van der Waals surface area contributed by atoms with Crippen LogP contribution in [-0.4, -0.2) is 97.7 Å². The number of alkyl carbamates (subject to hydrolysis) is 2. The highest BCUT2D eigenvalue weighted by Crippen LogP contribution is 2.47. The van der Waals surface area contributed by atoms with E-state index in [1.165, 1.54) is 19.1 Å². The molecule has 4 aromatic heterocycles. The van der Waals surface area contributed by atoms with Gasteiger partial charge in [0.05, 0.1) is 66.2 Å². The van der Waals surface area contributed by atoms with Gasteiger partial charge in [-0.15, -0.1) is 11.3 Å². The minimum absolute atomic E-state index is 0.126. The fourth-order valence-corrected chi connectivity index (χ4v) is 10.6. The molecule has 7 heterocycles. The molecule has 17 heteroatoms. The Labute approximate surface area is 387 Å². The van der Waals surface area contributed by atoms with Gasteiger partial charge in [0.2, 0.25) is 18.0 Å². The van der Waals surface area contributed by atoms with Crippen LogP contribution < -0.4 is 15.4 Å². The molecule has 5 atom stereocenters. The van der Waals surface area contributed by atoms with Crippen molar-refractivity contribution in [3.8, 4) is 39.5 Å². The van der Waals surface area contributed by atoms with E-state index in [1.54, 1.807) is 11.3 Å². The third-order valence-corrected chi connectivity index (χ3v) is 14.4. The van der Waals surface area contributed by atoms with Gasteiger partial charge in [-0.25, -0.2) is 19.6 Å². The summed E-state index contributed by atoms with van der Waals surface area (Å²) in [4.78, 5) is 74.5. The second-order valence-electron chi connectivity index (χ2n) is 18.0. The molecule has 6 aromatic rings. The van der Waals surface area contributed by atoms with E-state index in [4.69, 9.17) is 24.2 Å². The number of nitrogens with one attached hydrogen (secondary N) is 4. The second kappa shape index (κ2) is 18.3. The van der Waals surface area contributed by atoms with E-state index in [0.717, 1.165) is 87.4 Å². The van der Waals surface area contributed by atoms with Gasteiger partial charge in [-0.2, -0.15) is 0 Å². The molecule has 0 saturated carbocycles. The summed E-state index contributed by atoms with van der Waals surface area (Å²) in [7, 11) is 2.59. The topological polar surface area (TPSA) is 189 Å². The number of H-pyrrole nitrogens is 2. The fraction of sp³-hybridized carbons (Fsp3) is 0.429. The summed E-state index contributed by atoms with van der Waals surface area (Å²) in [5.74, 6) is 1.59. The maximum Gasteiger partial charge on any atom is 0.407 e. The second-order valence-corrected chi connectivity index (χ2v) is 19.2. The van der Waals surface area contributed by atoms with E-state index < -0.39 is 30.5 Å². The van der Waals surface area contributed by atoms with Crippen LogP contribution in [0.3, 0.4) is 0 Å². The summed E-state index contributed by atoms with van der Waals surface area (Å²) in [5.41, 5.74) is 6.53. The zero-order valence-electron chi connectivity index (χ0n) is 38.3. The highest BCUT2D eigenvalue weighted by molar-refractivity contribution is 7.12. The number of hydrogen-bond donors (Lipinski definition) is 4. The lowest BCUT2D eigenvalue weighted by atomic mass is 10.0. The minimum atomic E-state index is -0.718. The Morgan fingerprint density at radius 3 is 1.86 bits per heavy atom.